The molecule has 0 fully saturated rings. The predicted molar refractivity (Wildman–Crippen MR) is 47.3 cm³/mol. The van der Waals surface area contributed by atoms with E-state index in [-0.39, 0.29) is 0 Å². The first-order chi connectivity index (χ1) is 6.27. The van der Waals surface area contributed by atoms with Gasteiger partial charge in [0, 0.05) is 5.46 Å². The van der Waals surface area contributed by atoms with Crippen LogP contribution in [0, 0.1) is 0 Å². The number of ether oxygens (including phenoxy) is 2. The molecule has 0 radical (unpaired) electrons. The Hall–Kier alpha value is -1.20. The molecule has 0 saturated carbocycles. The minimum absolute atomic E-state index is 0.345. The Balaban J connectivity index is 2.45. The van der Waals surface area contributed by atoms with E-state index >= 15 is 0 Å². The summed E-state index contributed by atoms with van der Waals surface area (Å²) in [6, 6.07) is 4.98. The number of fused-ring (bicyclic) bond motifs is 5. The van der Waals surface area contributed by atoms with E-state index in [1.807, 2.05) is 0 Å². The smallest absolute Gasteiger partial charge is 0.490 e. The first-order valence-corrected chi connectivity index (χ1v) is 4.03. The molecule has 68 valence electrons. The summed E-state index contributed by atoms with van der Waals surface area (Å²) in [6.07, 6.45) is 0. The summed E-state index contributed by atoms with van der Waals surface area (Å²) in [5, 5.41) is 18.0. The molecular formula is C8H9BO4. The van der Waals surface area contributed by atoms with Crippen LogP contribution >= 0.6 is 0 Å². The van der Waals surface area contributed by atoms with E-state index in [2.05, 4.69) is 0 Å². The molecule has 2 aliphatic heterocycles. The van der Waals surface area contributed by atoms with Crippen LogP contribution in [-0.4, -0.2) is 30.4 Å². The average molecular weight is 180 g/mol. The minimum atomic E-state index is -1.52. The minimum Gasteiger partial charge on any atom is -0.490 e. The van der Waals surface area contributed by atoms with E-state index in [0.29, 0.717) is 30.2 Å². The Morgan fingerprint density at radius 1 is 1.15 bits per heavy atom. The first kappa shape index (κ1) is 8.41. The predicted octanol–water partition coefficient (Wildman–Crippen LogP) is -0.862. The van der Waals surface area contributed by atoms with Crippen LogP contribution in [0.3, 0.4) is 0 Å². The van der Waals surface area contributed by atoms with Crippen LogP contribution in [0.25, 0.3) is 0 Å². The molecule has 4 nitrogen and oxygen atoms in total. The average Bonchev–Trinajstić information content (AvgIpc) is 2.04. The van der Waals surface area contributed by atoms with Crippen molar-refractivity contribution in [2.45, 2.75) is 0 Å². The van der Waals surface area contributed by atoms with Gasteiger partial charge in [-0.2, -0.15) is 0 Å². The van der Waals surface area contributed by atoms with Crippen molar-refractivity contribution in [1.29, 1.82) is 0 Å². The summed E-state index contributed by atoms with van der Waals surface area (Å²) in [7, 11) is -1.52. The lowest BCUT2D eigenvalue weighted by atomic mass is 9.79. The Labute approximate surface area is 75.9 Å². The number of benzene rings is 1. The SMILES string of the molecule is OB(O)c1cc2ccc1OCCO2. The summed E-state index contributed by atoms with van der Waals surface area (Å²) in [5.41, 5.74) is 0.345. The second kappa shape index (κ2) is 3.28. The number of rotatable bonds is 1. The highest BCUT2D eigenvalue weighted by Crippen LogP contribution is 2.18. The maximum Gasteiger partial charge on any atom is 0.492 e. The topological polar surface area (TPSA) is 58.9 Å². The van der Waals surface area contributed by atoms with E-state index in [0.717, 1.165) is 0 Å². The second-order valence-corrected chi connectivity index (χ2v) is 2.77. The van der Waals surface area contributed by atoms with Gasteiger partial charge in [0.2, 0.25) is 0 Å². The molecule has 3 rings (SSSR count). The molecule has 2 N–H and O–H groups in total. The molecule has 5 heteroatoms. The zero-order chi connectivity index (χ0) is 9.26. The lowest BCUT2D eigenvalue weighted by Crippen LogP contribution is -2.33. The maximum absolute atomic E-state index is 9.00. The molecule has 0 aliphatic carbocycles. The summed E-state index contributed by atoms with van der Waals surface area (Å²) in [6.45, 7) is 0.904. The maximum atomic E-state index is 9.00. The second-order valence-electron chi connectivity index (χ2n) is 2.77. The molecule has 2 heterocycles. The normalized spacial score (nSPS) is 14.0. The van der Waals surface area contributed by atoms with Gasteiger partial charge in [0.1, 0.15) is 24.7 Å². The molecule has 13 heavy (non-hydrogen) atoms. The Kier molecular flexibility index (Phi) is 2.12. The Morgan fingerprint density at radius 2 is 1.92 bits per heavy atom. The van der Waals surface area contributed by atoms with E-state index in [1.165, 1.54) is 0 Å². The van der Waals surface area contributed by atoms with E-state index in [1.54, 1.807) is 18.2 Å². The molecule has 1 aromatic rings. The van der Waals surface area contributed by atoms with Crippen molar-refractivity contribution in [2.75, 3.05) is 13.2 Å². The third kappa shape index (κ3) is 1.61. The molecule has 0 aromatic heterocycles. The molecule has 0 spiro atoms. The largest absolute Gasteiger partial charge is 0.492 e. The van der Waals surface area contributed by atoms with Crippen LogP contribution in [-0.2, 0) is 0 Å². The summed E-state index contributed by atoms with van der Waals surface area (Å²) in [4.78, 5) is 0. The van der Waals surface area contributed by atoms with Gasteiger partial charge in [-0.3, -0.25) is 0 Å². The van der Waals surface area contributed by atoms with Crippen LogP contribution in [0.15, 0.2) is 18.2 Å². The van der Waals surface area contributed by atoms with Crippen molar-refractivity contribution >= 4 is 12.6 Å². The molecule has 2 bridgehead atoms. The van der Waals surface area contributed by atoms with Gasteiger partial charge < -0.3 is 19.5 Å². The number of hydrogen-bond donors (Lipinski definition) is 2. The van der Waals surface area contributed by atoms with Gasteiger partial charge in [-0.05, 0) is 18.2 Å². The van der Waals surface area contributed by atoms with Gasteiger partial charge in [-0.25, -0.2) is 0 Å². The van der Waals surface area contributed by atoms with Crippen molar-refractivity contribution in [3.8, 4) is 11.5 Å². The molecule has 1 aromatic carbocycles. The lowest BCUT2D eigenvalue weighted by molar-refractivity contribution is 0.210. The number of hydrogen-bond acceptors (Lipinski definition) is 4. The molecule has 0 saturated heterocycles. The molecule has 0 atom stereocenters. The van der Waals surface area contributed by atoms with Gasteiger partial charge >= 0.3 is 7.12 Å². The van der Waals surface area contributed by atoms with Gasteiger partial charge in [-0.15, -0.1) is 0 Å². The van der Waals surface area contributed by atoms with E-state index < -0.39 is 7.12 Å². The summed E-state index contributed by atoms with van der Waals surface area (Å²) in [5.74, 6) is 1.14. The highest BCUT2D eigenvalue weighted by atomic mass is 16.5. The van der Waals surface area contributed by atoms with Crippen molar-refractivity contribution in [2.24, 2.45) is 0 Å². The fraction of sp³-hybridized carbons (Fsp3) is 0.250. The van der Waals surface area contributed by atoms with Gasteiger partial charge in [0.05, 0.1) is 0 Å². The van der Waals surface area contributed by atoms with Crippen LogP contribution < -0.4 is 14.9 Å². The van der Waals surface area contributed by atoms with Crippen molar-refractivity contribution < 1.29 is 19.5 Å². The summed E-state index contributed by atoms with van der Waals surface area (Å²) < 4.78 is 10.5. The first-order valence-electron chi connectivity index (χ1n) is 4.03. The monoisotopic (exact) mass is 180 g/mol. The zero-order valence-corrected chi connectivity index (χ0v) is 6.93. The fourth-order valence-electron chi connectivity index (χ4n) is 1.26. The molecule has 2 aliphatic rings. The lowest BCUT2D eigenvalue weighted by Gasteiger charge is -2.17. The van der Waals surface area contributed by atoms with Gasteiger partial charge in [0.15, 0.2) is 0 Å². The van der Waals surface area contributed by atoms with E-state index in [9.17, 15) is 0 Å². The van der Waals surface area contributed by atoms with Crippen LogP contribution in [0.2, 0.25) is 0 Å². The highest BCUT2D eigenvalue weighted by Gasteiger charge is 2.19. The quantitative estimate of drug-likeness (QED) is 0.552. The Morgan fingerprint density at radius 3 is 2.69 bits per heavy atom. The third-order valence-electron chi connectivity index (χ3n) is 1.87. The zero-order valence-electron chi connectivity index (χ0n) is 6.93. The van der Waals surface area contributed by atoms with Gasteiger partial charge in [-0.1, -0.05) is 0 Å². The molecule has 0 unspecified atom stereocenters. The Bertz CT molecular complexity index is 313. The highest BCUT2D eigenvalue weighted by molar-refractivity contribution is 6.59. The van der Waals surface area contributed by atoms with Crippen molar-refractivity contribution in [3.05, 3.63) is 18.2 Å². The third-order valence-corrected chi connectivity index (χ3v) is 1.87. The van der Waals surface area contributed by atoms with E-state index in [4.69, 9.17) is 19.5 Å². The van der Waals surface area contributed by atoms with Crippen LogP contribution in [0.4, 0.5) is 0 Å². The molecular weight excluding hydrogens is 171 g/mol. The van der Waals surface area contributed by atoms with Crippen LogP contribution in [0.1, 0.15) is 0 Å². The summed E-state index contributed by atoms with van der Waals surface area (Å²) >= 11 is 0. The molecule has 0 amide bonds. The van der Waals surface area contributed by atoms with Crippen molar-refractivity contribution in [1.82, 2.24) is 0 Å². The van der Waals surface area contributed by atoms with Gasteiger partial charge in [0.25, 0.3) is 0 Å². The van der Waals surface area contributed by atoms with Crippen LogP contribution in [0.5, 0.6) is 11.5 Å². The fourth-order valence-corrected chi connectivity index (χ4v) is 1.26. The standard InChI is InChI=1S/C8H9BO4/c10-9(11)7-5-6-1-2-8(7)13-4-3-12-6/h1-2,5,10-11H,3-4H2. The van der Waals surface area contributed by atoms with Crippen molar-refractivity contribution in [3.63, 3.8) is 0 Å².